The van der Waals surface area contributed by atoms with E-state index in [1.54, 1.807) is 12.5 Å². The first kappa shape index (κ1) is 22.3. The lowest BCUT2D eigenvalue weighted by Crippen LogP contribution is -2.54. The molecule has 2 aromatic heterocycles. The van der Waals surface area contributed by atoms with Crippen molar-refractivity contribution in [2.24, 2.45) is 0 Å². The van der Waals surface area contributed by atoms with Crippen molar-refractivity contribution in [2.45, 2.75) is 25.5 Å². The van der Waals surface area contributed by atoms with E-state index in [1.165, 1.54) is 12.4 Å². The van der Waals surface area contributed by atoms with Gasteiger partial charge in [0.2, 0.25) is 0 Å². The zero-order valence-electron chi connectivity index (χ0n) is 16.5. The van der Waals surface area contributed by atoms with Gasteiger partial charge in [0.1, 0.15) is 24.2 Å². The first-order chi connectivity index (χ1) is 14.3. The van der Waals surface area contributed by atoms with E-state index in [2.05, 4.69) is 29.6 Å². The van der Waals surface area contributed by atoms with Gasteiger partial charge in [0.25, 0.3) is 6.43 Å². The lowest BCUT2D eigenvalue weighted by molar-refractivity contribution is 0.0195. The third-order valence-corrected chi connectivity index (χ3v) is 5.23. The Labute approximate surface area is 175 Å². The van der Waals surface area contributed by atoms with Crippen LogP contribution in [-0.2, 0) is 16.1 Å². The summed E-state index contributed by atoms with van der Waals surface area (Å²) in [5.41, 5.74) is 0.413. The quantitative estimate of drug-likeness (QED) is 0.422. The van der Waals surface area contributed by atoms with Gasteiger partial charge in [-0.25, -0.2) is 23.7 Å². The number of ether oxygens (including phenoxy) is 1. The summed E-state index contributed by atoms with van der Waals surface area (Å²) >= 11 is -1.12. The van der Waals surface area contributed by atoms with Crippen molar-refractivity contribution in [3.05, 3.63) is 30.5 Å². The molecule has 0 saturated carbocycles. The molecular weight excluding hydrogens is 416 g/mol. The number of hydrogen-bond donors (Lipinski definition) is 3. The van der Waals surface area contributed by atoms with Gasteiger partial charge in [-0.2, -0.15) is 0 Å². The second-order valence-electron chi connectivity index (χ2n) is 6.68. The third-order valence-electron chi connectivity index (χ3n) is 4.66. The molecule has 12 heteroatoms. The van der Waals surface area contributed by atoms with E-state index in [0.717, 1.165) is 6.08 Å². The minimum atomic E-state index is -2.83. The van der Waals surface area contributed by atoms with Crippen LogP contribution < -0.4 is 9.62 Å². The predicted molar refractivity (Wildman–Crippen MR) is 111 cm³/mol. The smallest absolute Gasteiger partial charge is 0.279 e. The third kappa shape index (κ3) is 5.59. The van der Waals surface area contributed by atoms with Crippen LogP contribution in [0.4, 0.5) is 14.6 Å². The predicted octanol–water partition coefficient (Wildman–Crippen LogP) is 1.64. The molecule has 2 aromatic rings. The summed E-state index contributed by atoms with van der Waals surface area (Å²) in [7, 11) is 0. The fraction of sp³-hybridized carbons (Fsp3) is 0.444. The maximum Gasteiger partial charge on any atom is 0.279 e. The van der Waals surface area contributed by atoms with E-state index < -0.39 is 23.5 Å². The summed E-state index contributed by atoms with van der Waals surface area (Å²) in [6, 6.07) is 1.81. The summed E-state index contributed by atoms with van der Waals surface area (Å²) in [5, 5.41) is 7.16. The Kier molecular flexibility index (Phi) is 7.48. The number of imidazole rings is 1. The number of alkyl halides is 2. The fourth-order valence-electron chi connectivity index (χ4n) is 3.04. The van der Waals surface area contributed by atoms with Gasteiger partial charge in [0, 0.05) is 24.0 Å². The van der Waals surface area contributed by atoms with E-state index in [4.69, 9.17) is 10.1 Å². The van der Waals surface area contributed by atoms with E-state index in [0.29, 0.717) is 42.7 Å². The number of H-pyrrole nitrogens is 1. The van der Waals surface area contributed by atoms with Crippen molar-refractivity contribution >= 4 is 29.0 Å². The van der Waals surface area contributed by atoms with Crippen LogP contribution in [0.2, 0.25) is 0 Å². The first-order valence-corrected chi connectivity index (χ1v) is 10.8. The Morgan fingerprint density at radius 1 is 1.50 bits per heavy atom. The average Bonchev–Trinajstić information content (AvgIpc) is 3.20. The lowest BCUT2D eigenvalue weighted by Gasteiger charge is -2.40. The maximum atomic E-state index is 12.4. The number of rotatable bonds is 8. The van der Waals surface area contributed by atoms with Gasteiger partial charge in [-0.05, 0) is 19.1 Å². The van der Waals surface area contributed by atoms with Gasteiger partial charge in [0.15, 0.2) is 0 Å². The number of aromatic amines is 1. The molecule has 3 N–H and O–H groups in total. The fourth-order valence-corrected chi connectivity index (χ4v) is 3.44. The van der Waals surface area contributed by atoms with Crippen molar-refractivity contribution in [3.63, 3.8) is 0 Å². The van der Waals surface area contributed by atoms with Crippen LogP contribution in [0.1, 0.15) is 12.7 Å². The highest BCUT2D eigenvalue weighted by atomic mass is 32.2. The lowest BCUT2D eigenvalue weighted by atomic mass is 10.1. The molecule has 0 aromatic carbocycles. The number of allylic oxidation sites excluding steroid dienone is 1. The Bertz CT molecular complexity index is 893. The molecule has 3 rings (SSSR count). The molecule has 1 aliphatic rings. The number of morpholine rings is 1. The topological polar surface area (TPSA) is 126 Å². The average molecular weight is 439 g/mol. The van der Waals surface area contributed by atoms with E-state index in [1.807, 2.05) is 13.0 Å². The number of nitrogens with zero attached hydrogens (tertiary/aromatic N) is 4. The largest absolute Gasteiger partial charge is 0.598 e. The van der Waals surface area contributed by atoms with Crippen molar-refractivity contribution in [2.75, 3.05) is 30.9 Å². The Morgan fingerprint density at radius 2 is 2.30 bits per heavy atom. The molecule has 0 bridgehead atoms. The highest BCUT2D eigenvalue weighted by molar-refractivity contribution is 7.88. The van der Waals surface area contributed by atoms with Gasteiger partial charge in [0.05, 0.1) is 48.6 Å². The van der Waals surface area contributed by atoms with Crippen molar-refractivity contribution in [3.8, 4) is 11.4 Å². The normalized spacial score (nSPS) is 20.8. The van der Waals surface area contributed by atoms with Crippen molar-refractivity contribution < 1.29 is 18.1 Å². The maximum absolute atomic E-state index is 12.4. The summed E-state index contributed by atoms with van der Waals surface area (Å²) < 4.78 is 44.8. The molecule has 1 saturated heterocycles. The van der Waals surface area contributed by atoms with Gasteiger partial charge >= 0.3 is 0 Å². The number of halogens is 2. The molecule has 0 spiro atoms. The van der Waals surface area contributed by atoms with Crippen LogP contribution in [0.3, 0.4) is 0 Å². The van der Waals surface area contributed by atoms with Crippen LogP contribution in [0, 0.1) is 5.41 Å². The highest BCUT2D eigenvalue weighted by Crippen LogP contribution is 2.24. The molecule has 3 heterocycles. The Morgan fingerprint density at radius 3 is 3.03 bits per heavy atom. The van der Waals surface area contributed by atoms with Gasteiger partial charge < -0.3 is 19.2 Å². The summed E-state index contributed by atoms with van der Waals surface area (Å²) in [6.07, 6.45) is 3.92. The molecule has 9 nitrogen and oxygen atoms in total. The monoisotopic (exact) mass is 439 g/mol. The highest BCUT2D eigenvalue weighted by Gasteiger charge is 2.30. The van der Waals surface area contributed by atoms with Crippen LogP contribution in [0.15, 0.2) is 24.7 Å². The number of aromatic nitrogens is 4. The molecule has 0 amide bonds. The van der Waals surface area contributed by atoms with Crippen LogP contribution in [0.25, 0.3) is 17.5 Å². The van der Waals surface area contributed by atoms with E-state index in [-0.39, 0.29) is 12.1 Å². The van der Waals surface area contributed by atoms with Crippen molar-refractivity contribution in [1.82, 2.24) is 24.7 Å². The number of anilines is 1. The molecule has 30 heavy (non-hydrogen) atoms. The summed E-state index contributed by atoms with van der Waals surface area (Å²) in [4.78, 5) is 17.8. The standard InChI is InChI=1S/C18H23F2N7O2S/c1-11-15(9-25-30(2)28)29-6-5-27(11)17-7-13(23-10-24-17)14-8-22-16(26-14)4-3-12(21)18(19)20/h3-4,7-8,10-11,15,18,21,25H,5-6,9H2,1-2H3,(H,22,26)/b4-3-,21-12?. The summed E-state index contributed by atoms with van der Waals surface area (Å²) in [6.45, 7) is 3.64. The molecule has 1 fully saturated rings. The SMILES string of the molecule is CC1C(CN[S+](C)[O-])OCCN1c1cc(-c2cnc(/C=C\C(=N)C(F)F)[nH]2)ncn1. The molecule has 0 aliphatic carbocycles. The van der Waals surface area contributed by atoms with Crippen molar-refractivity contribution in [1.29, 1.82) is 5.41 Å². The van der Waals surface area contributed by atoms with Crippen LogP contribution >= 0.6 is 0 Å². The van der Waals surface area contributed by atoms with Gasteiger partial charge in [-0.15, -0.1) is 4.72 Å². The first-order valence-electron chi connectivity index (χ1n) is 9.22. The molecule has 3 atom stereocenters. The van der Waals surface area contributed by atoms with E-state index >= 15 is 0 Å². The minimum absolute atomic E-state index is 0.00169. The Balaban J connectivity index is 1.74. The zero-order valence-corrected chi connectivity index (χ0v) is 17.3. The molecule has 3 unspecified atom stereocenters. The van der Waals surface area contributed by atoms with E-state index in [9.17, 15) is 13.3 Å². The Hall–Kier alpha value is -2.41. The molecule has 162 valence electrons. The summed E-state index contributed by atoms with van der Waals surface area (Å²) in [5.74, 6) is 1.05. The second-order valence-corrected chi connectivity index (χ2v) is 7.88. The van der Waals surface area contributed by atoms with Gasteiger partial charge in [-0.3, -0.25) is 5.41 Å². The number of hydrogen-bond acceptors (Lipinski definition) is 8. The van der Waals surface area contributed by atoms with Crippen LogP contribution in [-0.4, -0.2) is 74.7 Å². The molecule has 0 radical (unpaired) electrons. The number of nitrogens with one attached hydrogen (secondary N) is 3. The zero-order chi connectivity index (χ0) is 21.7. The van der Waals surface area contributed by atoms with Gasteiger partial charge in [-0.1, -0.05) is 0 Å². The minimum Gasteiger partial charge on any atom is -0.598 e. The molecular formula is C18H23F2N7O2S. The molecule has 1 aliphatic heterocycles. The second kappa shape index (κ2) is 10.1. The van der Waals surface area contributed by atoms with Crippen LogP contribution in [0.5, 0.6) is 0 Å².